The number of pyridine rings is 1. The summed E-state index contributed by atoms with van der Waals surface area (Å²) in [5.41, 5.74) is 2.53. The number of aryl methyl sites for hydroxylation is 1. The van der Waals surface area contributed by atoms with Crippen molar-refractivity contribution in [2.75, 3.05) is 33.2 Å². The van der Waals surface area contributed by atoms with Crippen LogP contribution in [0.3, 0.4) is 0 Å². The molecule has 2 aliphatic rings. The van der Waals surface area contributed by atoms with E-state index in [4.69, 9.17) is 0 Å². The predicted octanol–water partition coefficient (Wildman–Crippen LogP) is 2.74. The normalized spacial score (nSPS) is 26.1. The molecule has 116 valence electrons. The highest BCUT2D eigenvalue weighted by atomic mass is 15.2. The lowest BCUT2D eigenvalue weighted by atomic mass is 9.89. The lowest BCUT2D eigenvalue weighted by molar-refractivity contribution is 0.0787. The first-order valence-corrected chi connectivity index (χ1v) is 8.55. The molecule has 0 amide bonds. The molecule has 1 unspecified atom stereocenters. The molecule has 3 nitrogen and oxygen atoms in total. The van der Waals surface area contributed by atoms with Crippen LogP contribution in [0, 0.1) is 12.8 Å². The topological polar surface area (TPSA) is 19.4 Å². The number of aromatic nitrogens is 1. The number of nitrogens with zero attached hydrogens (tertiary/aromatic N) is 3. The molecule has 3 heteroatoms. The standard InChI is InChI=1S/C18H29N3/c1-15-5-6-16(13-19-15)12-17-4-3-9-21(14-17)18-7-10-20(2)11-8-18/h5-6,13,17-18H,3-4,7-12,14H2,1-2H3. The zero-order chi connectivity index (χ0) is 14.7. The molecule has 2 fully saturated rings. The van der Waals surface area contributed by atoms with Crippen LogP contribution in [0.25, 0.3) is 0 Å². The van der Waals surface area contributed by atoms with E-state index in [2.05, 4.69) is 47.1 Å². The van der Waals surface area contributed by atoms with Gasteiger partial charge >= 0.3 is 0 Å². The minimum Gasteiger partial charge on any atom is -0.306 e. The molecule has 21 heavy (non-hydrogen) atoms. The molecule has 1 atom stereocenters. The largest absolute Gasteiger partial charge is 0.306 e. The van der Waals surface area contributed by atoms with Crippen LogP contribution in [0.1, 0.15) is 36.9 Å². The first kappa shape index (κ1) is 15.0. The summed E-state index contributed by atoms with van der Waals surface area (Å²) in [4.78, 5) is 9.69. The van der Waals surface area contributed by atoms with E-state index >= 15 is 0 Å². The second kappa shape index (κ2) is 6.89. The van der Waals surface area contributed by atoms with Gasteiger partial charge in [0, 0.05) is 24.5 Å². The molecule has 3 heterocycles. The average molecular weight is 287 g/mol. The summed E-state index contributed by atoms with van der Waals surface area (Å²) in [5.74, 6) is 0.822. The number of rotatable bonds is 3. The van der Waals surface area contributed by atoms with Crippen LogP contribution in [0.2, 0.25) is 0 Å². The van der Waals surface area contributed by atoms with Gasteiger partial charge < -0.3 is 9.80 Å². The molecule has 1 aromatic rings. The summed E-state index contributed by atoms with van der Waals surface area (Å²) in [6.45, 7) is 7.22. The van der Waals surface area contributed by atoms with Gasteiger partial charge in [-0.25, -0.2) is 0 Å². The smallest absolute Gasteiger partial charge is 0.0372 e. The second-order valence-corrected chi connectivity index (χ2v) is 7.05. The van der Waals surface area contributed by atoms with Crippen LogP contribution in [-0.4, -0.2) is 54.1 Å². The van der Waals surface area contributed by atoms with E-state index in [1.165, 1.54) is 63.8 Å². The maximum absolute atomic E-state index is 4.44. The molecule has 1 aromatic heterocycles. The van der Waals surface area contributed by atoms with Crippen molar-refractivity contribution in [1.29, 1.82) is 0 Å². The van der Waals surface area contributed by atoms with Crippen LogP contribution < -0.4 is 0 Å². The van der Waals surface area contributed by atoms with Gasteiger partial charge in [0.05, 0.1) is 0 Å². The summed E-state index contributed by atoms with van der Waals surface area (Å²) in [6.07, 6.45) is 8.75. The molecule has 0 aliphatic carbocycles. The third-order valence-corrected chi connectivity index (χ3v) is 5.25. The predicted molar refractivity (Wildman–Crippen MR) is 87.5 cm³/mol. The van der Waals surface area contributed by atoms with Crippen LogP contribution in [0.4, 0.5) is 0 Å². The molecule has 0 saturated carbocycles. The van der Waals surface area contributed by atoms with Gasteiger partial charge in [0.25, 0.3) is 0 Å². The SMILES string of the molecule is Cc1ccc(CC2CCCN(C3CCN(C)CC3)C2)cn1. The van der Waals surface area contributed by atoms with Crippen molar-refractivity contribution < 1.29 is 0 Å². The third-order valence-electron chi connectivity index (χ3n) is 5.25. The van der Waals surface area contributed by atoms with Gasteiger partial charge in [-0.2, -0.15) is 0 Å². The average Bonchev–Trinajstić information content (AvgIpc) is 2.51. The minimum absolute atomic E-state index is 0.822. The van der Waals surface area contributed by atoms with Gasteiger partial charge in [-0.05, 0) is 83.3 Å². The van der Waals surface area contributed by atoms with Crippen molar-refractivity contribution in [3.05, 3.63) is 29.6 Å². The van der Waals surface area contributed by atoms with E-state index in [-0.39, 0.29) is 0 Å². The molecular formula is C18H29N3. The number of hydrogen-bond acceptors (Lipinski definition) is 3. The van der Waals surface area contributed by atoms with Crippen molar-refractivity contribution in [3.8, 4) is 0 Å². The van der Waals surface area contributed by atoms with Crippen molar-refractivity contribution in [2.45, 2.75) is 45.1 Å². The Morgan fingerprint density at radius 3 is 2.67 bits per heavy atom. The Kier molecular flexibility index (Phi) is 4.91. The Labute approximate surface area is 129 Å². The summed E-state index contributed by atoms with van der Waals surface area (Å²) in [7, 11) is 2.25. The molecule has 2 saturated heterocycles. The Bertz CT molecular complexity index is 434. The van der Waals surface area contributed by atoms with E-state index in [1.807, 2.05) is 0 Å². The Balaban J connectivity index is 1.54. The first-order valence-electron chi connectivity index (χ1n) is 8.55. The van der Waals surface area contributed by atoms with Crippen LogP contribution >= 0.6 is 0 Å². The van der Waals surface area contributed by atoms with Crippen molar-refractivity contribution in [3.63, 3.8) is 0 Å². The van der Waals surface area contributed by atoms with Crippen molar-refractivity contribution in [2.24, 2.45) is 5.92 Å². The lowest BCUT2D eigenvalue weighted by Gasteiger charge is -2.41. The zero-order valence-electron chi connectivity index (χ0n) is 13.6. The minimum atomic E-state index is 0.822. The highest BCUT2D eigenvalue weighted by Gasteiger charge is 2.28. The maximum Gasteiger partial charge on any atom is 0.0372 e. The van der Waals surface area contributed by atoms with E-state index in [1.54, 1.807) is 0 Å². The number of likely N-dealkylation sites (tertiary alicyclic amines) is 2. The van der Waals surface area contributed by atoms with Gasteiger partial charge in [0.15, 0.2) is 0 Å². The molecule has 0 spiro atoms. The third kappa shape index (κ3) is 4.04. The van der Waals surface area contributed by atoms with Crippen LogP contribution in [0.15, 0.2) is 18.3 Å². The van der Waals surface area contributed by atoms with Gasteiger partial charge in [-0.3, -0.25) is 4.98 Å². The molecule has 3 rings (SSSR count). The number of hydrogen-bond donors (Lipinski definition) is 0. The fraction of sp³-hybridized carbons (Fsp3) is 0.722. The van der Waals surface area contributed by atoms with Gasteiger partial charge in [-0.1, -0.05) is 6.07 Å². The van der Waals surface area contributed by atoms with E-state index in [0.717, 1.165) is 17.7 Å². The zero-order valence-corrected chi connectivity index (χ0v) is 13.6. The summed E-state index contributed by atoms with van der Waals surface area (Å²) < 4.78 is 0. The first-order chi connectivity index (χ1) is 10.2. The monoisotopic (exact) mass is 287 g/mol. The highest BCUT2D eigenvalue weighted by Crippen LogP contribution is 2.25. The van der Waals surface area contributed by atoms with E-state index in [0.29, 0.717) is 0 Å². The summed E-state index contributed by atoms with van der Waals surface area (Å²) in [5, 5.41) is 0. The van der Waals surface area contributed by atoms with E-state index < -0.39 is 0 Å². The summed E-state index contributed by atoms with van der Waals surface area (Å²) in [6, 6.07) is 5.24. The molecular weight excluding hydrogens is 258 g/mol. The van der Waals surface area contributed by atoms with Crippen molar-refractivity contribution in [1.82, 2.24) is 14.8 Å². The lowest BCUT2D eigenvalue weighted by Crippen LogP contribution is -2.48. The fourth-order valence-electron chi connectivity index (χ4n) is 3.91. The van der Waals surface area contributed by atoms with Crippen LogP contribution in [0.5, 0.6) is 0 Å². The second-order valence-electron chi connectivity index (χ2n) is 7.05. The van der Waals surface area contributed by atoms with Gasteiger partial charge in [0.2, 0.25) is 0 Å². The highest BCUT2D eigenvalue weighted by molar-refractivity contribution is 5.14. The molecule has 0 bridgehead atoms. The number of piperidine rings is 2. The van der Waals surface area contributed by atoms with Crippen LogP contribution in [-0.2, 0) is 6.42 Å². The summed E-state index contributed by atoms with van der Waals surface area (Å²) >= 11 is 0. The Morgan fingerprint density at radius 1 is 1.14 bits per heavy atom. The fourth-order valence-corrected chi connectivity index (χ4v) is 3.91. The maximum atomic E-state index is 4.44. The van der Waals surface area contributed by atoms with Gasteiger partial charge in [-0.15, -0.1) is 0 Å². The Morgan fingerprint density at radius 2 is 1.95 bits per heavy atom. The molecule has 0 N–H and O–H groups in total. The molecule has 0 radical (unpaired) electrons. The van der Waals surface area contributed by atoms with Gasteiger partial charge in [0.1, 0.15) is 0 Å². The van der Waals surface area contributed by atoms with Crippen molar-refractivity contribution >= 4 is 0 Å². The Hall–Kier alpha value is -0.930. The molecule has 0 aromatic carbocycles. The molecule has 2 aliphatic heterocycles. The quantitative estimate of drug-likeness (QED) is 0.852. The van der Waals surface area contributed by atoms with E-state index in [9.17, 15) is 0 Å².